The average molecular weight is 166 g/mol. The normalized spacial score (nSPS) is 20.4. The standard InChI is InChI=1S/C12H22/c1-10(2)4-7-12-8-5-11(3)6-9-12/h10,12H,3-9H2,1-2H3. The third kappa shape index (κ3) is 3.42. The van der Waals surface area contributed by atoms with Gasteiger partial charge in [0.15, 0.2) is 0 Å². The quantitative estimate of drug-likeness (QED) is 0.552. The van der Waals surface area contributed by atoms with E-state index in [1.54, 1.807) is 0 Å². The molecule has 1 aliphatic rings. The van der Waals surface area contributed by atoms with Crippen LogP contribution >= 0.6 is 0 Å². The van der Waals surface area contributed by atoms with E-state index in [1.165, 1.54) is 44.1 Å². The Morgan fingerprint density at radius 1 is 1.33 bits per heavy atom. The predicted octanol–water partition coefficient (Wildman–Crippen LogP) is 4.17. The van der Waals surface area contributed by atoms with Crippen molar-refractivity contribution in [3.8, 4) is 0 Å². The third-order valence-corrected chi connectivity index (χ3v) is 2.96. The minimum absolute atomic E-state index is 0.884. The van der Waals surface area contributed by atoms with Crippen molar-refractivity contribution in [3.05, 3.63) is 12.2 Å². The first kappa shape index (κ1) is 9.83. The van der Waals surface area contributed by atoms with Crippen LogP contribution in [0.15, 0.2) is 12.2 Å². The molecule has 70 valence electrons. The summed E-state index contributed by atoms with van der Waals surface area (Å²) in [7, 11) is 0. The van der Waals surface area contributed by atoms with Gasteiger partial charge in [-0.3, -0.25) is 0 Å². The molecule has 0 aromatic heterocycles. The van der Waals surface area contributed by atoms with E-state index in [0.29, 0.717) is 0 Å². The summed E-state index contributed by atoms with van der Waals surface area (Å²) >= 11 is 0. The fourth-order valence-electron chi connectivity index (χ4n) is 1.94. The van der Waals surface area contributed by atoms with Crippen LogP contribution in [0.2, 0.25) is 0 Å². The summed E-state index contributed by atoms with van der Waals surface area (Å²) in [5, 5.41) is 0. The summed E-state index contributed by atoms with van der Waals surface area (Å²) in [5.74, 6) is 1.90. The Kier molecular flexibility index (Phi) is 3.84. The second kappa shape index (κ2) is 4.69. The van der Waals surface area contributed by atoms with E-state index < -0.39 is 0 Å². The van der Waals surface area contributed by atoms with Crippen LogP contribution in [-0.2, 0) is 0 Å². The molecule has 0 aromatic carbocycles. The lowest BCUT2D eigenvalue weighted by atomic mass is 9.83. The van der Waals surface area contributed by atoms with Crippen LogP contribution in [-0.4, -0.2) is 0 Å². The van der Waals surface area contributed by atoms with Crippen molar-refractivity contribution in [1.29, 1.82) is 0 Å². The SMILES string of the molecule is C=C1CCC(CCC(C)C)CC1. The van der Waals surface area contributed by atoms with Gasteiger partial charge in [-0.1, -0.05) is 38.8 Å². The zero-order valence-corrected chi connectivity index (χ0v) is 8.60. The van der Waals surface area contributed by atoms with Crippen LogP contribution in [0.1, 0.15) is 52.4 Å². The van der Waals surface area contributed by atoms with Crippen LogP contribution < -0.4 is 0 Å². The molecule has 12 heavy (non-hydrogen) atoms. The Morgan fingerprint density at radius 3 is 2.42 bits per heavy atom. The minimum Gasteiger partial charge on any atom is -0.0999 e. The maximum absolute atomic E-state index is 4.04. The summed E-state index contributed by atoms with van der Waals surface area (Å²) < 4.78 is 0. The second-order valence-corrected chi connectivity index (χ2v) is 4.66. The Hall–Kier alpha value is -0.260. The van der Waals surface area contributed by atoms with Gasteiger partial charge < -0.3 is 0 Å². The van der Waals surface area contributed by atoms with E-state index in [2.05, 4.69) is 20.4 Å². The van der Waals surface area contributed by atoms with E-state index in [0.717, 1.165) is 11.8 Å². The van der Waals surface area contributed by atoms with Gasteiger partial charge in [0.2, 0.25) is 0 Å². The molecule has 0 saturated heterocycles. The van der Waals surface area contributed by atoms with Crippen molar-refractivity contribution in [3.63, 3.8) is 0 Å². The number of hydrogen-bond acceptors (Lipinski definition) is 0. The molecule has 0 N–H and O–H groups in total. The molecule has 0 unspecified atom stereocenters. The number of hydrogen-bond donors (Lipinski definition) is 0. The number of allylic oxidation sites excluding steroid dienone is 1. The smallest absolute Gasteiger partial charge is 0.0320 e. The zero-order chi connectivity index (χ0) is 8.97. The highest BCUT2D eigenvalue weighted by Gasteiger charge is 2.15. The molecule has 1 saturated carbocycles. The van der Waals surface area contributed by atoms with Crippen molar-refractivity contribution >= 4 is 0 Å². The first-order chi connectivity index (χ1) is 5.68. The third-order valence-electron chi connectivity index (χ3n) is 2.96. The summed E-state index contributed by atoms with van der Waals surface area (Å²) in [6.07, 6.45) is 8.27. The molecule has 0 heterocycles. The molecule has 0 radical (unpaired) electrons. The molecule has 0 amide bonds. The molecule has 0 aromatic rings. The molecule has 0 bridgehead atoms. The van der Waals surface area contributed by atoms with Gasteiger partial charge in [0, 0.05) is 0 Å². The Balaban J connectivity index is 2.13. The van der Waals surface area contributed by atoms with Crippen molar-refractivity contribution in [1.82, 2.24) is 0 Å². The molecule has 1 aliphatic carbocycles. The lowest BCUT2D eigenvalue weighted by Gasteiger charge is -2.23. The summed E-state index contributed by atoms with van der Waals surface area (Å²) in [6.45, 7) is 8.69. The minimum atomic E-state index is 0.884. The average Bonchev–Trinajstić information content (AvgIpc) is 2.03. The van der Waals surface area contributed by atoms with Crippen molar-refractivity contribution in [2.45, 2.75) is 52.4 Å². The van der Waals surface area contributed by atoms with E-state index >= 15 is 0 Å². The fraction of sp³-hybridized carbons (Fsp3) is 0.833. The molecule has 0 atom stereocenters. The Labute approximate surface area is 77.1 Å². The van der Waals surface area contributed by atoms with Gasteiger partial charge in [-0.2, -0.15) is 0 Å². The van der Waals surface area contributed by atoms with Gasteiger partial charge >= 0.3 is 0 Å². The number of rotatable bonds is 3. The topological polar surface area (TPSA) is 0 Å². The van der Waals surface area contributed by atoms with Gasteiger partial charge in [-0.25, -0.2) is 0 Å². The van der Waals surface area contributed by atoms with Gasteiger partial charge in [0.1, 0.15) is 0 Å². The highest BCUT2D eigenvalue weighted by atomic mass is 14.2. The van der Waals surface area contributed by atoms with Gasteiger partial charge in [-0.05, 0) is 37.5 Å². The van der Waals surface area contributed by atoms with E-state index in [1.807, 2.05) is 0 Å². The maximum Gasteiger partial charge on any atom is -0.0320 e. The monoisotopic (exact) mass is 166 g/mol. The van der Waals surface area contributed by atoms with Gasteiger partial charge in [0.25, 0.3) is 0 Å². The second-order valence-electron chi connectivity index (χ2n) is 4.66. The largest absolute Gasteiger partial charge is 0.0999 e. The Morgan fingerprint density at radius 2 is 1.92 bits per heavy atom. The molecular weight excluding hydrogens is 144 g/mol. The van der Waals surface area contributed by atoms with Crippen LogP contribution in [0.3, 0.4) is 0 Å². The van der Waals surface area contributed by atoms with E-state index in [-0.39, 0.29) is 0 Å². The fourth-order valence-corrected chi connectivity index (χ4v) is 1.94. The molecule has 0 heteroatoms. The lowest BCUT2D eigenvalue weighted by Crippen LogP contribution is -2.08. The van der Waals surface area contributed by atoms with Crippen molar-refractivity contribution in [2.75, 3.05) is 0 Å². The van der Waals surface area contributed by atoms with Gasteiger partial charge in [0.05, 0.1) is 0 Å². The van der Waals surface area contributed by atoms with Gasteiger partial charge in [-0.15, -0.1) is 0 Å². The van der Waals surface area contributed by atoms with Crippen molar-refractivity contribution in [2.24, 2.45) is 11.8 Å². The predicted molar refractivity (Wildman–Crippen MR) is 55.2 cm³/mol. The highest BCUT2D eigenvalue weighted by molar-refractivity contribution is 4.98. The zero-order valence-electron chi connectivity index (χ0n) is 8.60. The van der Waals surface area contributed by atoms with Crippen LogP contribution in [0, 0.1) is 11.8 Å². The van der Waals surface area contributed by atoms with E-state index in [4.69, 9.17) is 0 Å². The first-order valence-corrected chi connectivity index (χ1v) is 5.35. The summed E-state index contributed by atoms with van der Waals surface area (Å²) in [5.41, 5.74) is 1.48. The summed E-state index contributed by atoms with van der Waals surface area (Å²) in [6, 6.07) is 0. The Bertz CT molecular complexity index is 134. The molecular formula is C12H22. The van der Waals surface area contributed by atoms with E-state index in [9.17, 15) is 0 Å². The van der Waals surface area contributed by atoms with Crippen molar-refractivity contribution < 1.29 is 0 Å². The summed E-state index contributed by atoms with van der Waals surface area (Å²) in [4.78, 5) is 0. The molecule has 1 rings (SSSR count). The maximum atomic E-state index is 4.04. The molecule has 1 fully saturated rings. The van der Waals surface area contributed by atoms with Crippen LogP contribution in [0.4, 0.5) is 0 Å². The first-order valence-electron chi connectivity index (χ1n) is 5.35. The van der Waals surface area contributed by atoms with Crippen LogP contribution in [0.5, 0.6) is 0 Å². The lowest BCUT2D eigenvalue weighted by molar-refractivity contribution is 0.353. The van der Waals surface area contributed by atoms with Crippen LogP contribution in [0.25, 0.3) is 0 Å². The molecule has 0 spiro atoms. The molecule has 0 aliphatic heterocycles. The molecule has 0 nitrogen and oxygen atoms in total. The highest BCUT2D eigenvalue weighted by Crippen LogP contribution is 2.30.